The van der Waals surface area contributed by atoms with Crippen LogP contribution >= 0.6 is 0 Å². The molecule has 0 spiro atoms. The van der Waals surface area contributed by atoms with Crippen LogP contribution in [0.1, 0.15) is 66.7 Å². The van der Waals surface area contributed by atoms with Crippen molar-refractivity contribution >= 4 is 0 Å². The van der Waals surface area contributed by atoms with E-state index in [1.165, 1.54) is 6.08 Å². The molecular formula is C21H42F3N3. The molecule has 0 saturated carbocycles. The second-order valence-electron chi connectivity index (χ2n) is 7.79. The summed E-state index contributed by atoms with van der Waals surface area (Å²) in [6, 6.07) is 0.274. The van der Waals surface area contributed by atoms with Crippen LogP contribution in [-0.2, 0) is 0 Å². The predicted molar refractivity (Wildman–Crippen MR) is 110 cm³/mol. The summed E-state index contributed by atoms with van der Waals surface area (Å²) in [6.07, 6.45) is 1.19. The highest BCUT2D eigenvalue weighted by Gasteiger charge is 2.34. The molecule has 6 heteroatoms. The third kappa shape index (κ3) is 11.8. The first kappa shape index (κ1) is 26.4. The number of likely N-dealkylation sites (N-methyl/N-ethyl adjacent to an activating group) is 1. The Balaban J connectivity index is 4.82. The van der Waals surface area contributed by atoms with Crippen LogP contribution in [0.4, 0.5) is 13.2 Å². The lowest BCUT2D eigenvalue weighted by Crippen LogP contribution is -2.39. The molecule has 0 aromatic rings. The lowest BCUT2D eigenvalue weighted by Gasteiger charge is -2.27. The van der Waals surface area contributed by atoms with E-state index in [0.717, 1.165) is 38.8 Å². The summed E-state index contributed by atoms with van der Waals surface area (Å²) in [5.41, 5.74) is 5.31. The number of rotatable bonds is 15. The largest absolute Gasteiger partial charge is 0.412 e. The van der Waals surface area contributed by atoms with Crippen molar-refractivity contribution in [1.29, 1.82) is 0 Å². The van der Waals surface area contributed by atoms with Gasteiger partial charge in [0, 0.05) is 18.2 Å². The molecule has 0 amide bonds. The second kappa shape index (κ2) is 14.4. The van der Waals surface area contributed by atoms with Gasteiger partial charge in [-0.25, -0.2) is 0 Å². The van der Waals surface area contributed by atoms with Crippen molar-refractivity contribution in [2.75, 3.05) is 32.7 Å². The Morgan fingerprint density at radius 1 is 1.11 bits per heavy atom. The van der Waals surface area contributed by atoms with Crippen molar-refractivity contribution in [3.05, 3.63) is 11.6 Å². The number of hydrogen-bond acceptors (Lipinski definition) is 3. The van der Waals surface area contributed by atoms with Gasteiger partial charge in [-0.1, -0.05) is 47.1 Å². The van der Waals surface area contributed by atoms with Gasteiger partial charge in [0.15, 0.2) is 0 Å². The maximum Gasteiger partial charge on any atom is 0.412 e. The molecule has 0 aromatic carbocycles. The SMILES string of the molecule is CCC[C@H](C)[C@H](CCN)NC[C@@H](C)C/C(=C\CN(CC)CCC)C(F)(F)F. The molecule has 162 valence electrons. The summed E-state index contributed by atoms with van der Waals surface area (Å²) in [7, 11) is 0. The summed E-state index contributed by atoms with van der Waals surface area (Å²) in [4.78, 5) is 2.04. The quantitative estimate of drug-likeness (QED) is 0.386. The zero-order valence-electron chi connectivity index (χ0n) is 18.0. The van der Waals surface area contributed by atoms with E-state index < -0.39 is 11.7 Å². The molecule has 0 aliphatic heterocycles. The van der Waals surface area contributed by atoms with Crippen molar-refractivity contribution < 1.29 is 13.2 Å². The van der Waals surface area contributed by atoms with E-state index in [-0.39, 0.29) is 18.4 Å². The van der Waals surface area contributed by atoms with Gasteiger partial charge in [0.25, 0.3) is 0 Å². The molecule has 27 heavy (non-hydrogen) atoms. The van der Waals surface area contributed by atoms with E-state index in [0.29, 0.717) is 25.6 Å². The minimum Gasteiger partial charge on any atom is -0.330 e. The highest BCUT2D eigenvalue weighted by molar-refractivity contribution is 5.11. The summed E-state index contributed by atoms with van der Waals surface area (Å²) in [5.74, 6) is 0.406. The van der Waals surface area contributed by atoms with Crippen LogP contribution in [0.25, 0.3) is 0 Å². The third-order valence-corrected chi connectivity index (χ3v) is 5.15. The zero-order valence-corrected chi connectivity index (χ0v) is 18.0. The third-order valence-electron chi connectivity index (χ3n) is 5.15. The molecule has 0 unspecified atom stereocenters. The Kier molecular flexibility index (Phi) is 14.1. The molecule has 0 aliphatic carbocycles. The highest BCUT2D eigenvalue weighted by Crippen LogP contribution is 2.30. The maximum absolute atomic E-state index is 13.4. The fourth-order valence-corrected chi connectivity index (χ4v) is 3.47. The lowest BCUT2D eigenvalue weighted by atomic mass is 9.93. The van der Waals surface area contributed by atoms with Crippen molar-refractivity contribution in [2.24, 2.45) is 17.6 Å². The molecule has 3 nitrogen and oxygen atoms in total. The Hall–Kier alpha value is -0.590. The summed E-state index contributed by atoms with van der Waals surface area (Å²) in [6.45, 7) is 13.4. The minimum absolute atomic E-state index is 0.0533. The first-order valence-corrected chi connectivity index (χ1v) is 10.6. The first-order valence-electron chi connectivity index (χ1n) is 10.6. The number of allylic oxidation sites excluding steroid dienone is 1. The van der Waals surface area contributed by atoms with E-state index in [4.69, 9.17) is 5.73 Å². The molecule has 0 bridgehead atoms. The van der Waals surface area contributed by atoms with Gasteiger partial charge >= 0.3 is 6.18 Å². The average Bonchev–Trinajstić information content (AvgIpc) is 2.60. The fraction of sp³-hybridized carbons (Fsp3) is 0.905. The summed E-state index contributed by atoms with van der Waals surface area (Å²) in [5, 5.41) is 3.47. The first-order chi connectivity index (χ1) is 12.7. The predicted octanol–water partition coefficient (Wildman–Crippen LogP) is 4.98. The average molecular weight is 394 g/mol. The van der Waals surface area contributed by atoms with Crippen molar-refractivity contribution in [1.82, 2.24) is 10.2 Å². The Labute approximate surface area is 164 Å². The molecule has 0 radical (unpaired) electrons. The van der Waals surface area contributed by atoms with Crippen LogP contribution in [0.15, 0.2) is 11.6 Å². The second-order valence-corrected chi connectivity index (χ2v) is 7.79. The summed E-state index contributed by atoms with van der Waals surface area (Å²) < 4.78 is 40.3. The Morgan fingerprint density at radius 2 is 1.78 bits per heavy atom. The summed E-state index contributed by atoms with van der Waals surface area (Å²) >= 11 is 0. The molecular weight excluding hydrogens is 351 g/mol. The highest BCUT2D eigenvalue weighted by atomic mass is 19.4. The standard InChI is InChI=1S/C21H42F3N3/c1-6-9-18(5)20(10-12-25)26-16-17(4)15-19(21(22,23)24)11-14-27(8-3)13-7-2/h11,17-18,20,26H,6-10,12-16,25H2,1-5H3/b19-11+/t17-,18-,20-/m0/s1. The smallest absolute Gasteiger partial charge is 0.330 e. The molecule has 3 atom stereocenters. The van der Waals surface area contributed by atoms with Crippen LogP contribution in [0.5, 0.6) is 0 Å². The number of hydrogen-bond donors (Lipinski definition) is 2. The van der Waals surface area contributed by atoms with Crippen LogP contribution < -0.4 is 11.1 Å². The molecule has 0 heterocycles. The van der Waals surface area contributed by atoms with E-state index in [1.54, 1.807) is 0 Å². The number of nitrogens with two attached hydrogens (primary N) is 1. The minimum atomic E-state index is -4.26. The van der Waals surface area contributed by atoms with Crippen molar-refractivity contribution in [2.45, 2.75) is 78.9 Å². The zero-order chi connectivity index (χ0) is 20.9. The molecule has 0 rings (SSSR count). The van der Waals surface area contributed by atoms with Gasteiger partial charge in [0.1, 0.15) is 0 Å². The van der Waals surface area contributed by atoms with E-state index in [2.05, 4.69) is 19.2 Å². The molecule has 0 aromatic heterocycles. The van der Waals surface area contributed by atoms with E-state index >= 15 is 0 Å². The maximum atomic E-state index is 13.4. The number of halogens is 3. The van der Waals surface area contributed by atoms with E-state index in [1.807, 2.05) is 25.7 Å². The lowest BCUT2D eigenvalue weighted by molar-refractivity contribution is -0.0955. The topological polar surface area (TPSA) is 41.3 Å². The van der Waals surface area contributed by atoms with Gasteiger partial charge in [-0.15, -0.1) is 0 Å². The Morgan fingerprint density at radius 3 is 2.26 bits per heavy atom. The van der Waals surface area contributed by atoms with Crippen LogP contribution in [0.3, 0.4) is 0 Å². The monoisotopic (exact) mass is 393 g/mol. The normalized spacial score (nSPS) is 16.6. The molecule has 0 aliphatic rings. The van der Waals surface area contributed by atoms with Crippen molar-refractivity contribution in [3.63, 3.8) is 0 Å². The molecule has 0 saturated heterocycles. The van der Waals surface area contributed by atoms with Gasteiger partial charge in [-0.2, -0.15) is 13.2 Å². The fourth-order valence-electron chi connectivity index (χ4n) is 3.47. The van der Waals surface area contributed by atoms with Crippen LogP contribution in [0.2, 0.25) is 0 Å². The number of alkyl halides is 3. The van der Waals surface area contributed by atoms with E-state index in [9.17, 15) is 13.2 Å². The van der Waals surface area contributed by atoms with Crippen LogP contribution in [0, 0.1) is 11.8 Å². The number of nitrogens with zero attached hydrogens (tertiary/aromatic N) is 1. The molecule has 0 fully saturated rings. The van der Waals surface area contributed by atoms with Crippen molar-refractivity contribution in [3.8, 4) is 0 Å². The molecule has 3 N–H and O–H groups in total. The van der Waals surface area contributed by atoms with Gasteiger partial charge < -0.3 is 11.1 Å². The van der Waals surface area contributed by atoms with Crippen LogP contribution in [-0.4, -0.2) is 49.8 Å². The van der Waals surface area contributed by atoms with Gasteiger partial charge in [-0.05, 0) is 63.7 Å². The Bertz CT molecular complexity index is 397. The number of nitrogens with one attached hydrogen (secondary N) is 1. The van der Waals surface area contributed by atoms with Gasteiger partial charge in [-0.3, -0.25) is 4.90 Å². The van der Waals surface area contributed by atoms with Gasteiger partial charge in [0.05, 0.1) is 0 Å². The van der Waals surface area contributed by atoms with Gasteiger partial charge in [0.2, 0.25) is 0 Å².